The van der Waals surface area contributed by atoms with E-state index in [1.807, 2.05) is 9.80 Å². The number of ether oxygens (including phenoxy) is 1. The molecule has 0 aliphatic carbocycles. The van der Waals surface area contributed by atoms with Gasteiger partial charge >= 0.3 is 11.9 Å². The minimum Gasteiger partial charge on any atom is -0.481 e. The molecule has 9 heteroatoms. The van der Waals surface area contributed by atoms with E-state index in [2.05, 4.69) is 4.98 Å². The van der Waals surface area contributed by atoms with Gasteiger partial charge in [0.1, 0.15) is 5.82 Å². The van der Waals surface area contributed by atoms with E-state index in [-0.39, 0.29) is 12.3 Å². The second-order valence-electron chi connectivity index (χ2n) is 7.64. The highest BCUT2D eigenvalue weighted by Gasteiger charge is 2.36. The van der Waals surface area contributed by atoms with Gasteiger partial charge in [-0.3, -0.25) is 9.59 Å². The third-order valence-electron chi connectivity index (χ3n) is 5.31. The van der Waals surface area contributed by atoms with Crippen LogP contribution in [-0.2, 0) is 19.7 Å². The molecule has 1 aromatic rings. The van der Waals surface area contributed by atoms with Crippen molar-refractivity contribution >= 4 is 23.7 Å². The van der Waals surface area contributed by atoms with E-state index in [4.69, 9.17) is 14.8 Å². The maximum absolute atomic E-state index is 11.8. The van der Waals surface area contributed by atoms with Crippen molar-refractivity contribution in [2.24, 2.45) is 5.92 Å². The average Bonchev–Trinajstić information content (AvgIpc) is 3.09. The van der Waals surface area contributed by atoms with E-state index in [0.29, 0.717) is 56.7 Å². The molecule has 0 spiro atoms. The molecule has 0 bridgehead atoms. The van der Waals surface area contributed by atoms with Crippen molar-refractivity contribution in [2.45, 2.75) is 32.1 Å². The van der Waals surface area contributed by atoms with Crippen molar-refractivity contribution in [3.05, 3.63) is 11.8 Å². The quantitative estimate of drug-likeness (QED) is 0.747. The largest absolute Gasteiger partial charge is 0.481 e. The maximum atomic E-state index is 11.8. The molecule has 3 rings (SSSR count). The number of rotatable bonds is 6. The molecule has 27 heavy (non-hydrogen) atoms. The van der Waals surface area contributed by atoms with Gasteiger partial charge in [-0.2, -0.15) is 4.98 Å². The van der Waals surface area contributed by atoms with Gasteiger partial charge in [-0.05, 0) is 26.2 Å². The zero-order chi connectivity index (χ0) is 19.6. The lowest BCUT2D eigenvalue weighted by Gasteiger charge is -2.33. The van der Waals surface area contributed by atoms with Crippen LogP contribution in [0.3, 0.4) is 0 Å². The number of aromatic nitrogens is 2. The summed E-state index contributed by atoms with van der Waals surface area (Å²) >= 11 is 0. The lowest BCUT2D eigenvalue weighted by molar-refractivity contribution is -0.142. The number of carboxylic acids is 2. The van der Waals surface area contributed by atoms with Crippen LogP contribution in [0.15, 0.2) is 6.20 Å². The number of carboxylic acid groups (broad SMARTS) is 2. The number of carbonyl (C=O) groups is 2. The van der Waals surface area contributed by atoms with Crippen LogP contribution in [0.1, 0.15) is 32.3 Å². The Hall–Kier alpha value is -2.42. The van der Waals surface area contributed by atoms with E-state index in [1.165, 1.54) is 0 Å². The molecule has 2 saturated heterocycles. The fourth-order valence-electron chi connectivity index (χ4n) is 3.52. The molecule has 1 unspecified atom stereocenters. The summed E-state index contributed by atoms with van der Waals surface area (Å²) in [5.41, 5.74) is -0.551. The third-order valence-corrected chi connectivity index (χ3v) is 5.31. The summed E-state index contributed by atoms with van der Waals surface area (Å²) in [7, 11) is 0. The first-order valence-electron chi connectivity index (χ1n) is 9.19. The molecule has 2 aliphatic heterocycles. The molecule has 0 radical (unpaired) electrons. The highest BCUT2D eigenvalue weighted by atomic mass is 16.5. The maximum Gasteiger partial charge on any atom is 0.313 e. The molecule has 0 saturated carbocycles. The van der Waals surface area contributed by atoms with Crippen LogP contribution in [0.5, 0.6) is 0 Å². The molecule has 1 atom stereocenters. The summed E-state index contributed by atoms with van der Waals surface area (Å²) in [5.74, 6) is -0.508. The number of hydrogen-bond donors (Lipinski definition) is 2. The predicted octanol–water partition coefficient (Wildman–Crippen LogP) is 0.976. The van der Waals surface area contributed by atoms with E-state index in [1.54, 1.807) is 20.0 Å². The number of hydrogen-bond acceptors (Lipinski definition) is 7. The lowest BCUT2D eigenvalue weighted by atomic mass is 9.85. The van der Waals surface area contributed by atoms with Crippen LogP contribution in [0.4, 0.5) is 11.8 Å². The normalized spacial score (nSPS) is 20.7. The highest BCUT2D eigenvalue weighted by molar-refractivity contribution is 5.82. The van der Waals surface area contributed by atoms with Crippen molar-refractivity contribution in [1.29, 1.82) is 0 Å². The lowest BCUT2D eigenvalue weighted by Crippen LogP contribution is -2.40. The molecule has 1 aromatic heterocycles. The Morgan fingerprint density at radius 3 is 2.56 bits per heavy atom. The minimum atomic E-state index is -1.12. The van der Waals surface area contributed by atoms with E-state index in [0.717, 1.165) is 6.42 Å². The molecule has 3 heterocycles. The Bertz CT molecular complexity index is 718. The van der Waals surface area contributed by atoms with Crippen molar-refractivity contribution in [3.8, 4) is 0 Å². The van der Waals surface area contributed by atoms with Crippen molar-refractivity contribution in [2.75, 3.05) is 49.2 Å². The first-order chi connectivity index (χ1) is 12.8. The Balaban J connectivity index is 1.91. The first-order valence-corrected chi connectivity index (χ1v) is 9.19. The van der Waals surface area contributed by atoms with Crippen molar-refractivity contribution in [1.82, 2.24) is 9.97 Å². The Morgan fingerprint density at radius 2 is 1.93 bits per heavy atom. The number of aliphatic carboxylic acids is 2. The number of nitrogens with zero attached hydrogens (tertiary/aromatic N) is 4. The van der Waals surface area contributed by atoms with Crippen molar-refractivity contribution < 1.29 is 24.5 Å². The second-order valence-corrected chi connectivity index (χ2v) is 7.64. The SMILES string of the molecule is CC(C)(C(=O)O)c1cnc(N2CCC(CC(=O)O)C2)nc1N1CCOCC1. The smallest absolute Gasteiger partial charge is 0.313 e. The van der Waals surface area contributed by atoms with Gasteiger partial charge in [-0.1, -0.05) is 0 Å². The van der Waals surface area contributed by atoms with Gasteiger partial charge in [0.15, 0.2) is 0 Å². The van der Waals surface area contributed by atoms with E-state index in [9.17, 15) is 14.7 Å². The predicted molar refractivity (Wildman–Crippen MR) is 98.3 cm³/mol. The van der Waals surface area contributed by atoms with Gasteiger partial charge in [0, 0.05) is 44.4 Å². The van der Waals surface area contributed by atoms with Gasteiger partial charge in [-0.15, -0.1) is 0 Å². The molecule has 2 N–H and O–H groups in total. The molecule has 2 fully saturated rings. The van der Waals surface area contributed by atoms with Gasteiger partial charge in [-0.25, -0.2) is 4.98 Å². The Kier molecular flexibility index (Phi) is 5.50. The highest BCUT2D eigenvalue weighted by Crippen LogP contribution is 2.33. The van der Waals surface area contributed by atoms with Gasteiger partial charge < -0.3 is 24.7 Å². The number of anilines is 2. The van der Waals surface area contributed by atoms with Gasteiger partial charge in [0.2, 0.25) is 5.95 Å². The molecule has 0 aromatic carbocycles. The van der Waals surface area contributed by atoms with Gasteiger partial charge in [0.05, 0.1) is 18.6 Å². The Morgan fingerprint density at radius 1 is 1.22 bits per heavy atom. The number of morpholine rings is 1. The van der Waals surface area contributed by atoms with Crippen LogP contribution in [0, 0.1) is 5.92 Å². The summed E-state index contributed by atoms with van der Waals surface area (Å²) in [5, 5.41) is 18.7. The van der Waals surface area contributed by atoms with E-state index >= 15 is 0 Å². The van der Waals surface area contributed by atoms with Crippen LogP contribution in [0.2, 0.25) is 0 Å². The van der Waals surface area contributed by atoms with Crippen molar-refractivity contribution in [3.63, 3.8) is 0 Å². The van der Waals surface area contributed by atoms with Gasteiger partial charge in [0.25, 0.3) is 0 Å². The van der Waals surface area contributed by atoms with Crippen LogP contribution in [-0.4, -0.2) is 71.5 Å². The second kappa shape index (κ2) is 7.67. The van der Waals surface area contributed by atoms with Crippen LogP contribution in [0.25, 0.3) is 0 Å². The zero-order valence-corrected chi connectivity index (χ0v) is 15.7. The zero-order valence-electron chi connectivity index (χ0n) is 15.7. The van der Waals surface area contributed by atoms with E-state index < -0.39 is 17.4 Å². The monoisotopic (exact) mass is 378 g/mol. The molecule has 0 amide bonds. The summed E-state index contributed by atoms with van der Waals surface area (Å²) in [4.78, 5) is 35.9. The molecule has 9 nitrogen and oxygen atoms in total. The molecule has 2 aliphatic rings. The summed E-state index contributed by atoms with van der Waals surface area (Å²) in [6.07, 6.45) is 2.52. The third kappa shape index (κ3) is 4.13. The van der Waals surface area contributed by atoms with Crippen LogP contribution >= 0.6 is 0 Å². The summed E-state index contributed by atoms with van der Waals surface area (Å²) in [6, 6.07) is 0. The standard InChI is InChI=1S/C18H26N4O5/c1-18(2,16(25)26)13-10-19-17(20-15(13)21-5-7-27-8-6-21)22-4-3-12(11-22)9-14(23)24/h10,12H,3-9,11H2,1-2H3,(H,23,24)(H,25,26). The molecular weight excluding hydrogens is 352 g/mol. The molecule has 148 valence electrons. The fraction of sp³-hybridized carbons (Fsp3) is 0.667. The summed E-state index contributed by atoms with van der Waals surface area (Å²) in [6.45, 7) is 7.00. The van der Waals surface area contributed by atoms with Crippen LogP contribution < -0.4 is 9.80 Å². The first kappa shape index (κ1) is 19.3. The topological polar surface area (TPSA) is 116 Å². The minimum absolute atomic E-state index is 0.0769. The molecular formula is C18H26N4O5. The average molecular weight is 378 g/mol. The fourth-order valence-corrected chi connectivity index (χ4v) is 3.52. The summed E-state index contributed by atoms with van der Waals surface area (Å²) < 4.78 is 5.41. The Labute approximate surface area is 158 Å².